The molecule has 3 rings (SSSR count). The highest BCUT2D eigenvalue weighted by atomic mass is 35.5. The Bertz CT molecular complexity index is 659. The molecule has 3 nitrogen and oxygen atoms in total. The highest BCUT2D eigenvalue weighted by Crippen LogP contribution is 2.53. The van der Waals surface area contributed by atoms with Gasteiger partial charge in [0.1, 0.15) is 0 Å². The second kappa shape index (κ2) is 5.22. The van der Waals surface area contributed by atoms with E-state index in [2.05, 4.69) is 19.0 Å². The quantitative estimate of drug-likeness (QED) is 0.790. The lowest BCUT2D eigenvalue weighted by molar-refractivity contribution is 0.269. The molecule has 1 unspecified atom stereocenters. The molecule has 1 saturated carbocycles. The summed E-state index contributed by atoms with van der Waals surface area (Å²) < 4.78 is 5.59. The molecule has 112 valence electrons. The van der Waals surface area contributed by atoms with E-state index in [9.17, 15) is 0 Å². The SMILES string of the molecule is CC1(C)CCCC1c1onc(N)c1-c1c(Cl)cccc1Cl. The van der Waals surface area contributed by atoms with Crippen molar-refractivity contribution in [2.45, 2.75) is 39.0 Å². The van der Waals surface area contributed by atoms with Crippen molar-refractivity contribution in [3.05, 3.63) is 34.0 Å². The molecule has 2 N–H and O–H groups in total. The molecule has 1 aliphatic carbocycles. The third kappa shape index (κ3) is 2.43. The smallest absolute Gasteiger partial charge is 0.175 e. The number of nitrogens with zero attached hydrogens (tertiary/aromatic N) is 1. The van der Waals surface area contributed by atoms with Crippen molar-refractivity contribution in [2.24, 2.45) is 5.41 Å². The molecule has 1 heterocycles. The maximum absolute atomic E-state index is 6.33. The van der Waals surface area contributed by atoms with Crippen molar-refractivity contribution in [3.63, 3.8) is 0 Å². The van der Waals surface area contributed by atoms with Crippen molar-refractivity contribution in [1.29, 1.82) is 0 Å². The standard InChI is InChI=1S/C16H18Cl2N2O/c1-16(2)8-4-5-9(16)14-13(15(19)20-21-14)12-10(17)6-3-7-11(12)18/h3,6-7,9H,4-5,8H2,1-2H3,(H2,19,20). The Hall–Kier alpha value is -1.19. The zero-order valence-electron chi connectivity index (χ0n) is 12.1. The predicted octanol–water partition coefficient (Wildman–Crippen LogP) is 5.52. The first-order valence-corrected chi connectivity index (χ1v) is 7.87. The van der Waals surface area contributed by atoms with Gasteiger partial charge in [-0.2, -0.15) is 0 Å². The summed E-state index contributed by atoms with van der Waals surface area (Å²) in [4.78, 5) is 0. The van der Waals surface area contributed by atoms with Gasteiger partial charge in [-0.05, 0) is 30.4 Å². The van der Waals surface area contributed by atoms with Crippen LogP contribution in [0.15, 0.2) is 22.7 Å². The summed E-state index contributed by atoms with van der Waals surface area (Å²) in [5, 5.41) is 5.10. The number of rotatable bonds is 2. The minimum Gasteiger partial charge on any atom is -0.380 e. The molecule has 1 atom stereocenters. The van der Waals surface area contributed by atoms with Crippen LogP contribution in [0.3, 0.4) is 0 Å². The second-order valence-corrected chi connectivity index (χ2v) is 7.15. The van der Waals surface area contributed by atoms with Crippen LogP contribution < -0.4 is 5.73 Å². The lowest BCUT2D eigenvalue weighted by Crippen LogP contribution is -2.15. The van der Waals surface area contributed by atoms with E-state index in [1.54, 1.807) is 12.1 Å². The maximum Gasteiger partial charge on any atom is 0.175 e. The van der Waals surface area contributed by atoms with Crippen molar-refractivity contribution in [2.75, 3.05) is 5.73 Å². The summed E-state index contributed by atoms with van der Waals surface area (Å²) in [6, 6.07) is 5.43. The maximum atomic E-state index is 6.33. The van der Waals surface area contributed by atoms with Gasteiger partial charge >= 0.3 is 0 Å². The number of hydrogen-bond acceptors (Lipinski definition) is 3. The second-order valence-electron chi connectivity index (χ2n) is 6.34. The Balaban J connectivity index is 2.19. The van der Waals surface area contributed by atoms with Crippen LogP contribution in [0.2, 0.25) is 10.0 Å². The van der Waals surface area contributed by atoms with Gasteiger partial charge in [-0.1, -0.05) is 54.7 Å². The molecule has 0 bridgehead atoms. The van der Waals surface area contributed by atoms with Gasteiger partial charge in [-0.25, -0.2) is 0 Å². The summed E-state index contributed by atoms with van der Waals surface area (Å²) in [6.07, 6.45) is 3.40. The fourth-order valence-electron chi connectivity index (χ4n) is 3.35. The molecule has 0 spiro atoms. The molecule has 0 amide bonds. The highest BCUT2D eigenvalue weighted by Gasteiger charge is 2.40. The van der Waals surface area contributed by atoms with E-state index in [1.165, 1.54) is 6.42 Å². The van der Waals surface area contributed by atoms with Gasteiger partial charge in [0.2, 0.25) is 0 Å². The Morgan fingerprint density at radius 3 is 2.48 bits per heavy atom. The van der Waals surface area contributed by atoms with Crippen LogP contribution in [0, 0.1) is 5.41 Å². The summed E-state index contributed by atoms with van der Waals surface area (Å²) in [6.45, 7) is 4.50. The van der Waals surface area contributed by atoms with Crippen LogP contribution in [0.5, 0.6) is 0 Å². The Labute approximate surface area is 134 Å². The number of aromatic nitrogens is 1. The van der Waals surface area contributed by atoms with Crippen molar-refractivity contribution in [3.8, 4) is 11.1 Å². The van der Waals surface area contributed by atoms with Crippen LogP contribution >= 0.6 is 23.2 Å². The van der Waals surface area contributed by atoms with Gasteiger partial charge in [0.25, 0.3) is 0 Å². The molecule has 1 aromatic heterocycles. The normalized spacial score (nSPS) is 20.9. The fourth-order valence-corrected chi connectivity index (χ4v) is 3.94. The summed E-state index contributed by atoms with van der Waals surface area (Å²) in [5.41, 5.74) is 7.68. The number of benzene rings is 1. The third-order valence-corrected chi connectivity index (χ3v) is 5.16. The largest absolute Gasteiger partial charge is 0.380 e. The number of anilines is 1. The summed E-state index contributed by atoms with van der Waals surface area (Å²) in [7, 11) is 0. The monoisotopic (exact) mass is 324 g/mol. The first kappa shape index (κ1) is 14.7. The van der Waals surface area contributed by atoms with Gasteiger partial charge in [-0.15, -0.1) is 0 Å². The minimum atomic E-state index is 0.161. The van der Waals surface area contributed by atoms with Crippen molar-refractivity contribution < 1.29 is 4.52 Å². The van der Waals surface area contributed by atoms with E-state index in [4.69, 9.17) is 33.5 Å². The van der Waals surface area contributed by atoms with Crippen LogP contribution in [-0.2, 0) is 0 Å². The zero-order valence-corrected chi connectivity index (χ0v) is 13.6. The minimum absolute atomic E-state index is 0.161. The van der Waals surface area contributed by atoms with Crippen LogP contribution in [0.25, 0.3) is 11.1 Å². The molecular formula is C16H18Cl2N2O. The summed E-state index contributed by atoms with van der Waals surface area (Å²) >= 11 is 12.7. The molecule has 1 aliphatic rings. The molecule has 21 heavy (non-hydrogen) atoms. The predicted molar refractivity (Wildman–Crippen MR) is 86.7 cm³/mol. The topological polar surface area (TPSA) is 52.0 Å². The lowest BCUT2D eigenvalue weighted by Gasteiger charge is -2.25. The van der Waals surface area contributed by atoms with E-state index >= 15 is 0 Å². The number of halogens is 2. The van der Waals surface area contributed by atoms with E-state index in [1.807, 2.05) is 6.07 Å². The molecule has 0 radical (unpaired) electrons. The van der Waals surface area contributed by atoms with Gasteiger partial charge in [-0.3, -0.25) is 0 Å². The van der Waals surface area contributed by atoms with Gasteiger partial charge in [0.05, 0.1) is 15.6 Å². The molecule has 2 aromatic rings. The van der Waals surface area contributed by atoms with Crippen molar-refractivity contribution >= 4 is 29.0 Å². The highest BCUT2D eigenvalue weighted by molar-refractivity contribution is 6.39. The third-order valence-electron chi connectivity index (χ3n) is 4.53. The Morgan fingerprint density at radius 1 is 1.24 bits per heavy atom. The molecule has 0 saturated heterocycles. The average molecular weight is 325 g/mol. The van der Waals surface area contributed by atoms with E-state index < -0.39 is 0 Å². The number of hydrogen-bond donors (Lipinski definition) is 1. The molecule has 1 aromatic carbocycles. The zero-order chi connectivity index (χ0) is 15.2. The first-order chi connectivity index (χ1) is 9.92. The van der Waals surface area contributed by atoms with Gasteiger partial charge < -0.3 is 10.3 Å². The summed E-state index contributed by atoms with van der Waals surface area (Å²) in [5.74, 6) is 1.44. The number of nitrogen functional groups attached to an aromatic ring is 1. The first-order valence-electron chi connectivity index (χ1n) is 7.11. The van der Waals surface area contributed by atoms with E-state index in [-0.39, 0.29) is 11.3 Å². The Kier molecular flexibility index (Phi) is 3.66. The lowest BCUT2D eigenvalue weighted by atomic mass is 9.79. The van der Waals surface area contributed by atoms with Crippen LogP contribution in [-0.4, -0.2) is 5.16 Å². The molecule has 5 heteroatoms. The van der Waals surface area contributed by atoms with E-state index in [0.717, 1.165) is 29.7 Å². The molecule has 0 aliphatic heterocycles. The molecular weight excluding hydrogens is 307 g/mol. The number of nitrogens with two attached hydrogens (primary N) is 1. The van der Waals surface area contributed by atoms with Crippen LogP contribution in [0.1, 0.15) is 44.8 Å². The average Bonchev–Trinajstić information content (AvgIpc) is 2.93. The molecule has 1 fully saturated rings. The fraction of sp³-hybridized carbons (Fsp3) is 0.438. The van der Waals surface area contributed by atoms with Gasteiger partial charge in [0, 0.05) is 11.5 Å². The van der Waals surface area contributed by atoms with E-state index in [0.29, 0.717) is 15.9 Å². The van der Waals surface area contributed by atoms with Crippen molar-refractivity contribution in [1.82, 2.24) is 5.16 Å². The Morgan fingerprint density at radius 2 is 1.90 bits per heavy atom. The van der Waals surface area contributed by atoms with Crippen LogP contribution in [0.4, 0.5) is 5.82 Å². The van der Waals surface area contributed by atoms with Gasteiger partial charge in [0.15, 0.2) is 11.6 Å².